The number of hydrogen-bond donors (Lipinski definition) is 1. The molecule has 0 aromatic rings. The summed E-state index contributed by atoms with van der Waals surface area (Å²) in [7, 11) is 5.25. The second-order valence-corrected chi connectivity index (χ2v) is 8.53. The summed E-state index contributed by atoms with van der Waals surface area (Å²) in [5, 5.41) is 7.00. The zero-order valence-corrected chi connectivity index (χ0v) is 19.6. The summed E-state index contributed by atoms with van der Waals surface area (Å²) < 4.78 is 0. The second kappa shape index (κ2) is 21.7. The first-order valence-corrected chi connectivity index (χ1v) is 11.4. The van der Waals surface area contributed by atoms with Gasteiger partial charge in [-0.3, -0.25) is 0 Å². The van der Waals surface area contributed by atoms with Crippen molar-refractivity contribution in [3.05, 3.63) is 24.3 Å². The Morgan fingerprint density at radius 3 is 2.22 bits per heavy atom. The minimum absolute atomic E-state index is 0.913. The van der Waals surface area contributed by atoms with Crippen molar-refractivity contribution in [2.75, 3.05) is 27.7 Å². The largest absolute Gasteiger partial charge is 0.400 e. The van der Waals surface area contributed by atoms with Gasteiger partial charge in [-0.15, -0.1) is 6.58 Å². The van der Waals surface area contributed by atoms with Crippen LogP contribution >= 0.6 is 0 Å². The maximum atomic E-state index is 7.00. The smallest absolute Gasteiger partial charge is 0.0319 e. The van der Waals surface area contributed by atoms with E-state index >= 15 is 0 Å². The van der Waals surface area contributed by atoms with E-state index in [0.717, 1.165) is 18.9 Å². The standard InChI is InChI=1S/C14H26.C10H21N.CH4O/c1-3-4-5-6-7-8-9-14-11-10-13(2)12-14;1-10(2)8-6-5-7-9-11(3)4;1-2/h8-9,13-14H,3-7,10-12H2,1-2H3;1,5-9H2,2-4H3;2H,1H3/b9-8+;;/t13?,14-;;/m0../s1. The molecule has 2 heteroatoms. The summed E-state index contributed by atoms with van der Waals surface area (Å²) in [5.41, 5.74) is 1.31. The molecule has 2 atom stereocenters. The van der Waals surface area contributed by atoms with Crippen LogP contribution in [0.15, 0.2) is 24.3 Å². The number of aliphatic hydroxyl groups is 1. The molecule has 27 heavy (non-hydrogen) atoms. The van der Waals surface area contributed by atoms with Gasteiger partial charge in [0.05, 0.1) is 0 Å². The van der Waals surface area contributed by atoms with Crippen LogP contribution in [0.2, 0.25) is 0 Å². The highest BCUT2D eigenvalue weighted by Crippen LogP contribution is 2.31. The van der Waals surface area contributed by atoms with Crippen molar-refractivity contribution in [1.29, 1.82) is 0 Å². The van der Waals surface area contributed by atoms with Crippen LogP contribution in [0.25, 0.3) is 0 Å². The molecule has 0 spiro atoms. The summed E-state index contributed by atoms with van der Waals surface area (Å²) in [5.74, 6) is 1.89. The Kier molecular flexibility index (Phi) is 23.0. The van der Waals surface area contributed by atoms with E-state index in [1.54, 1.807) is 0 Å². The lowest BCUT2D eigenvalue weighted by Gasteiger charge is -2.08. The van der Waals surface area contributed by atoms with E-state index in [9.17, 15) is 0 Å². The first-order chi connectivity index (χ1) is 13.0. The molecule has 2 nitrogen and oxygen atoms in total. The molecule has 0 saturated heterocycles. The van der Waals surface area contributed by atoms with Crippen LogP contribution in [0.5, 0.6) is 0 Å². The fraction of sp³-hybridized carbons (Fsp3) is 0.840. The van der Waals surface area contributed by atoms with Crippen molar-refractivity contribution in [2.24, 2.45) is 11.8 Å². The predicted octanol–water partition coefficient (Wildman–Crippen LogP) is 7.24. The third-order valence-electron chi connectivity index (χ3n) is 5.08. The summed E-state index contributed by atoms with van der Waals surface area (Å²) >= 11 is 0. The first kappa shape index (κ1) is 28.6. The molecule has 1 N–H and O–H groups in total. The number of nitrogens with zero attached hydrogens (tertiary/aromatic N) is 1. The molecule has 1 rings (SSSR count). The highest BCUT2D eigenvalue weighted by atomic mass is 16.2. The van der Waals surface area contributed by atoms with Gasteiger partial charge in [-0.2, -0.15) is 0 Å². The number of allylic oxidation sites excluding steroid dienone is 3. The minimum Gasteiger partial charge on any atom is -0.400 e. The van der Waals surface area contributed by atoms with Crippen molar-refractivity contribution < 1.29 is 5.11 Å². The molecular formula is C25H51NO. The van der Waals surface area contributed by atoms with Crippen molar-refractivity contribution >= 4 is 0 Å². The third kappa shape index (κ3) is 23.4. The van der Waals surface area contributed by atoms with E-state index < -0.39 is 0 Å². The van der Waals surface area contributed by atoms with Crippen molar-refractivity contribution in [2.45, 2.75) is 97.8 Å². The van der Waals surface area contributed by atoms with Crippen LogP contribution in [-0.4, -0.2) is 37.8 Å². The Morgan fingerprint density at radius 1 is 1.04 bits per heavy atom. The quantitative estimate of drug-likeness (QED) is 0.284. The average molecular weight is 382 g/mol. The lowest BCUT2D eigenvalue weighted by molar-refractivity contribution is 0.391. The molecule has 0 aliphatic heterocycles. The molecule has 0 bridgehead atoms. The maximum absolute atomic E-state index is 7.00. The number of unbranched alkanes of at least 4 members (excludes halogenated alkanes) is 6. The van der Waals surface area contributed by atoms with Crippen molar-refractivity contribution in [1.82, 2.24) is 4.90 Å². The normalized spacial score (nSPS) is 18.8. The van der Waals surface area contributed by atoms with Gasteiger partial charge in [-0.25, -0.2) is 0 Å². The van der Waals surface area contributed by atoms with Crippen LogP contribution < -0.4 is 0 Å². The molecule has 0 aromatic carbocycles. The monoisotopic (exact) mass is 381 g/mol. The lowest BCUT2D eigenvalue weighted by atomic mass is 10.0. The van der Waals surface area contributed by atoms with Crippen LogP contribution in [0.3, 0.4) is 0 Å². The van der Waals surface area contributed by atoms with Gasteiger partial charge in [-0.1, -0.05) is 63.7 Å². The van der Waals surface area contributed by atoms with E-state index in [0.29, 0.717) is 0 Å². The summed E-state index contributed by atoms with van der Waals surface area (Å²) in [6.45, 7) is 11.9. The van der Waals surface area contributed by atoms with Gasteiger partial charge >= 0.3 is 0 Å². The van der Waals surface area contributed by atoms with Crippen molar-refractivity contribution in [3.63, 3.8) is 0 Å². The van der Waals surface area contributed by atoms with E-state index in [4.69, 9.17) is 5.11 Å². The Hall–Kier alpha value is -0.600. The highest BCUT2D eigenvalue weighted by molar-refractivity contribution is 4.92. The van der Waals surface area contributed by atoms with Gasteiger partial charge in [0.2, 0.25) is 0 Å². The average Bonchev–Trinajstić information content (AvgIpc) is 3.05. The van der Waals surface area contributed by atoms with Gasteiger partial charge < -0.3 is 10.0 Å². The maximum Gasteiger partial charge on any atom is 0.0319 e. The van der Waals surface area contributed by atoms with Crippen LogP contribution in [0.1, 0.15) is 97.8 Å². The van der Waals surface area contributed by atoms with Gasteiger partial charge in [-0.05, 0) is 84.3 Å². The van der Waals surface area contributed by atoms with Crippen molar-refractivity contribution in [3.8, 4) is 0 Å². The highest BCUT2D eigenvalue weighted by Gasteiger charge is 2.18. The fourth-order valence-electron chi connectivity index (χ4n) is 3.44. The molecule has 0 heterocycles. The molecule has 1 saturated carbocycles. The Labute approximate surface area is 172 Å². The molecule has 1 fully saturated rings. The predicted molar refractivity (Wildman–Crippen MR) is 124 cm³/mol. The van der Waals surface area contributed by atoms with E-state index in [1.165, 1.54) is 89.2 Å². The van der Waals surface area contributed by atoms with Gasteiger partial charge in [0.1, 0.15) is 0 Å². The zero-order chi connectivity index (χ0) is 20.9. The van der Waals surface area contributed by atoms with Crippen LogP contribution in [0.4, 0.5) is 0 Å². The fourth-order valence-corrected chi connectivity index (χ4v) is 3.44. The molecule has 162 valence electrons. The van der Waals surface area contributed by atoms with E-state index in [2.05, 4.69) is 58.5 Å². The number of rotatable bonds is 12. The molecule has 1 aliphatic carbocycles. The summed E-state index contributed by atoms with van der Waals surface area (Å²) in [6.07, 6.45) is 21.3. The summed E-state index contributed by atoms with van der Waals surface area (Å²) in [6, 6.07) is 0. The Bertz CT molecular complexity index is 335. The molecule has 1 aliphatic rings. The van der Waals surface area contributed by atoms with Gasteiger partial charge in [0, 0.05) is 7.11 Å². The zero-order valence-electron chi connectivity index (χ0n) is 19.6. The molecular weight excluding hydrogens is 330 g/mol. The lowest BCUT2D eigenvalue weighted by Crippen LogP contribution is -2.12. The van der Waals surface area contributed by atoms with Gasteiger partial charge in [0.25, 0.3) is 0 Å². The molecule has 0 radical (unpaired) electrons. The summed E-state index contributed by atoms with van der Waals surface area (Å²) in [4.78, 5) is 2.24. The molecule has 0 aromatic heterocycles. The first-order valence-electron chi connectivity index (χ1n) is 11.4. The van der Waals surface area contributed by atoms with E-state index in [-0.39, 0.29) is 0 Å². The number of hydrogen-bond acceptors (Lipinski definition) is 2. The molecule has 0 amide bonds. The Morgan fingerprint density at radius 2 is 1.70 bits per heavy atom. The third-order valence-corrected chi connectivity index (χ3v) is 5.08. The minimum atomic E-state index is 0.913. The van der Waals surface area contributed by atoms with E-state index in [1.807, 2.05) is 0 Å². The SMILES string of the molecule is C=C(C)CCCCCN(C)C.CCCCCC/C=C/[C@H]1CCC(C)C1.CO. The second-order valence-electron chi connectivity index (χ2n) is 8.53. The topological polar surface area (TPSA) is 23.5 Å². The molecule has 1 unspecified atom stereocenters. The van der Waals surface area contributed by atoms with Crippen LogP contribution in [0, 0.1) is 11.8 Å². The van der Waals surface area contributed by atoms with Gasteiger partial charge in [0.15, 0.2) is 0 Å². The Balaban J connectivity index is 0. The number of aliphatic hydroxyl groups excluding tert-OH is 1. The van der Waals surface area contributed by atoms with Crippen LogP contribution in [-0.2, 0) is 0 Å².